The van der Waals surface area contributed by atoms with Gasteiger partial charge in [0, 0.05) is 36.2 Å². The van der Waals surface area contributed by atoms with Crippen molar-refractivity contribution < 1.29 is 9.59 Å². The summed E-state index contributed by atoms with van der Waals surface area (Å²) in [5.74, 6) is 0.203. The smallest absolute Gasteiger partial charge is 0.250 e. The summed E-state index contributed by atoms with van der Waals surface area (Å²) < 4.78 is 0. The zero-order valence-corrected chi connectivity index (χ0v) is 20.1. The molecule has 1 N–H and O–H groups in total. The van der Waals surface area contributed by atoms with Crippen LogP contribution < -0.4 is 5.32 Å². The molecule has 0 aromatic heterocycles. The first kappa shape index (κ1) is 21.1. The van der Waals surface area contributed by atoms with Gasteiger partial charge in [-0.3, -0.25) is 14.5 Å². The van der Waals surface area contributed by atoms with E-state index in [2.05, 4.69) is 71.7 Å². The molecule has 1 saturated carbocycles. The molecule has 1 aliphatic carbocycles. The van der Waals surface area contributed by atoms with E-state index in [0.717, 1.165) is 36.9 Å². The number of para-hydroxylation sites is 1. The first-order chi connectivity index (χ1) is 17.1. The second-order valence-corrected chi connectivity index (χ2v) is 10.9. The number of hydrogen-bond donors (Lipinski definition) is 1. The van der Waals surface area contributed by atoms with Crippen molar-refractivity contribution in [2.75, 3.05) is 5.32 Å². The molecule has 3 aliphatic heterocycles. The van der Waals surface area contributed by atoms with Gasteiger partial charge in [-0.2, -0.15) is 0 Å². The predicted molar refractivity (Wildman–Crippen MR) is 136 cm³/mol. The molecule has 3 heterocycles. The van der Waals surface area contributed by atoms with Crippen LogP contribution in [0.25, 0.3) is 0 Å². The fourth-order valence-electron chi connectivity index (χ4n) is 8.04. The third kappa shape index (κ3) is 2.56. The van der Waals surface area contributed by atoms with Crippen molar-refractivity contribution >= 4 is 17.4 Å². The lowest BCUT2D eigenvalue weighted by Crippen LogP contribution is -2.60. The first-order valence-corrected chi connectivity index (χ1v) is 12.9. The molecule has 2 spiro atoms. The Bertz CT molecular complexity index is 1360. The zero-order valence-electron chi connectivity index (χ0n) is 20.1. The van der Waals surface area contributed by atoms with Crippen LogP contribution >= 0.6 is 0 Å². The SMILES string of the molecule is Cc1ccc([C@H]2[C@@H]3Cc4ccccc4CN3[C@@]3(C(=O)Nc4ccccc43)[C@@]23CCCCC3=O)cc1. The Morgan fingerprint density at radius 2 is 1.63 bits per heavy atom. The highest BCUT2D eigenvalue weighted by atomic mass is 16.2. The molecule has 0 unspecified atom stereocenters. The van der Waals surface area contributed by atoms with Crippen LogP contribution in [0.4, 0.5) is 5.69 Å². The van der Waals surface area contributed by atoms with Crippen molar-refractivity contribution in [3.63, 3.8) is 0 Å². The van der Waals surface area contributed by atoms with Gasteiger partial charge in [0.05, 0.1) is 5.41 Å². The number of carbonyl (C=O) groups excluding carboxylic acids is 2. The Kier molecular flexibility index (Phi) is 4.44. The summed E-state index contributed by atoms with van der Waals surface area (Å²) >= 11 is 0. The summed E-state index contributed by atoms with van der Waals surface area (Å²) in [6.07, 6.45) is 4.02. The van der Waals surface area contributed by atoms with Crippen LogP contribution in [-0.4, -0.2) is 22.6 Å². The number of nitrogens with zero attached hydrogens (tertiary/aromatic N) is 1. The van der Waals surface area contributed by atoms with E-state index in [9.17, 15) is 9.59 Å². The number of aryl methyl sites for hydroxylation is 1. The van der Waals surface area contributed by atoms with Crippen molar-refractivity contribution in [1.29, 1.82) is 0 Å². The molecule has 176 valence electrons. The molecule has 4 nitrogen and oxygen atoms in total. The van der Waals surface area contributed by atoms with Gasteiger partial charge in [-0.05, 0) is 48.9 Å². The molecule has 0 radical (unpaired) electrons. The molecular weight excluding hydrogens is 432 g/mol. The van der Waals surface area contributed by atoms with E-state index in [1.807, 2.05) is 18.2 Å². The van der Waals surface area contributed by atoms with E-state index >= 15 is 0 Å². The van der Waals surface area contributed by atoms with Gasteiger partial charge in [0.15, 0.2) is 0 Å². The lowest BCUT2D eigenvalue weighted by Gasteiger charge is -2.49. The van der Waals surface area contributed by atoms with Gasteiger partial charge in [0.25, 0.3) is 5.91 Å². The second kappa shape index (κ2) is 7.38. The number of benzene rings is 3. The number of rotatable bonds is 1. The highest BCUT2D eigenvalue weighted by Crippen LogP contribution is 2.69. The summed E-state index contributed by atoms with van der Waals surface area (Å²) in [6, 6.07) is 25.5. The molecule has 4 atom stereocenters. The first-order valence-electron chi connectivity index (χ1n) is 12.9. The number of ketones is 1. The normalized spacial score (nSPS) is 31.3. The van der Waals surface area contributed by atoms with E-state index < -0.39 is 11.0 Å². The number of amides is 1. The molecule has 3 aromatic rings. The number of anilines is 1. The van der Waals surface area contributed by atoms with E-state index in [1.54, 1.807) is 0 Å². The minimum Gasteiger partial charge on any atom is -0.324 e. The van der Waals surface area contributed by atoms with Crippen LogP contribution in [-0.2, 0) is 28.1 Å². The lowest BCUT2D eigenvalue weighted by molar-refractivity contribution is -0.149. The maximum atomic E-state index is 14.4. The van der Waals surface area contributed by atoms with Crippen LogP contribution in [0.2, 0.25) is 0 Å². The van der Waals surface area contributed by atoms with Crippen molar-refractivity contribution in [1.82, 2.24) is 4.90 Å². The van der Waals surface area contributed by atoms with Gasteiger partial charge in [-0.1, -0.05) is 78.7 Å². The maximum Gasteiger partial charge on any atom is 0.250 e. The van der Waals surface area contributed by atoms with E-state index in [1.165, 1.54) is 22.3 Å². The topological polar surface area (TPSA) is 49.4 Å². The van der Waals surface area contributed by atoms with Crippen LogP contribution in [0.1, 0.15) is 59.4 Å². The highest BCUT2D eigenvalue weighted by Gasteiger charge is 2.76. The average Bonchev–Trinajstić information content (AvgIpc) is 3.31. The minimum atomic E-state index is -0.991. The van der Waals surface area contributed by atoms with Crippen LogP contribution in [0.5, 0.6) is 0 Å². The maximum absolute atomic E-state index is 14.4. The molecule has 1 amide bonds. The fourth-order valence-corrected chi connectivity index (χ4v) is 8.04. The van der Waals surface area contributed by atoms with Crippen molar-refractivity contribution in [3.8, 4) is 0 Å². The van der Waals surface area contributed by atoms with Gasteiger partial charge in [0.2, 0.25) is 0 Å². The third-order valence-electron chi connectivity index (χ3n) is 9.33. The Morgan fingerprint density at radius 3 is 2.43 bits per heavy atom. The molecule has 0 bridgehead atoms. The van der Waals surface area contributed by atoms with E-state index in [4.69, 9.17) is 0 Å². The Hall–Kier alpha value is -3.24. The molecule has 35 heavy (non-hydrogen) atoms. The van der Waals surface area contributed by atoms with Crippen molar-refractivity contribution in [2.45, 2.75) is 63.1 Å². The summed E-state index contributed by atoms with van der Waals surface area (Å²) in [6.45, 7) is 2.78. The number of fused-ring (bicyclic) bond motifs is 6. The Morgan fingerprint density at radius 1 is 0.886 bits per heavy atom. The Labute approximate surface area is 206 Å². The second-order valence-electron chi connectivity index (χ2n) is 10.9. The predicted octanol–water partition coefficient (Wildman–Crippen LogP) is 5.50. The summed E-state index contributed by atoms with van der Waals surface area (Å²) in [5.41, 5.74) is 5.07. The zero-order chi connectivity index (χ0) is 23.8. The molecule has 3 aromatic carbocycles. The van der Waals surface area contributed by atoms with Crippen LogP contribution in [0, 0.1) is 12.3 Å². The summed E-state index contributed by atoms with van der Waals surface area (Å²) in [7, 11) is 0. The monoisotopic (exact) mass is 462 g/mol. The third-order valence-corrected chi connectivity index (χ3v) is 9.33. The fraction of sp³-hybridized carbons (Fsp3) is 0.355. The standard InChI is InChI=1S/C31H30N2O2/c1-20-13-15-21(16-14-20)28-26-18-22-8-2-3-9-23(22)19-33(26)31(30(28)17-7-6-12-27(30)34)24-10-4-5-11-25(24)32-29(31)35/h2-5,8-11,13-16,26,28H,6-7,12,17-19H2,1H3,(H,32,35)/t26-,28-,30+,31-/m0/s1. The quantitative estimate of drug-likeness (QED) is 0.520. The number of hydrogen-bond acceptors (Lipinski definition) is 3. The lowest BCUT2D eigenvalue weighted by atomic mass is 9.53. The van der Waals surface area contributed by atoms with Gasteiger partial charge in [-0.25, -0.2) is 0 Å². The number of Topliss-reactive ketones (excluding diaryl/α,β-unsaturated/α-hetero) is 1. The number of carbonyl (C=O) groups is 2. The van der Waals surface area contributed by atoms with Gasteiger partial charge in [0.1, 0.15) is 11.3 Å². The van der Waals surface area contributed by atoms with Gasteiger partial charge < -0.3 is 5.32 Å². The molecular formula is C31H30N2O2. The average molecular weight is 463 g/mol. The van der Waals surface area contributed by atoms with Crippen LogP contribution in [0.3, 0.4) is 0 Å². The van der Waals surface area contributed by atoms with Crippen molar-refractivity contribution in [2.24, 2.45) is 5.41 Å². The van der Waals surface area contributed by atoms with E-state index in [-0.39, 0.29) is 23.7 Å². The largest absolute Gasteiger partial charge is 0.324 e. The minimum absolute atomic E-state index is 0.0204. The summed E-state index contributed by atoms with van der Waals surface area (Å²) in [5, 5.41) is 3.23. The van der Waals surface area contributed by atoms with E-state index in [0.29, 0.717) is 13.0 Å². The molecule has 2 fully saturated rings. The number of nitrogens with one attached hydrogen (secondary N) is 1. The highest BCUT2D eigenvalue weighted by molar-refractivity contribution is 6.11. The molecule has 7 rings (SSSR count). The summed E-state index contributed by atoms with van der Waals surface area (Å²) in [4.78, 5) is 31.2. The molecule has 4 aliphatic rings. The van der Waals surface area contributed by atoms with Crippen molar-refractivity contribution in [3.05, 3.63) is 101 Å². The Balaban J connectivity index is 1.56. The van der Waals surface area contributed by atoms with Crippen LogP contribution in [0.15, 0.2) is 72.8 Å². The molecule has 1 saturated heterocycles. The van der Waals surface area contributed by atoms with Gasteiger partial charge in [-0.15, -0.1) is 0 Å². The molecule has 4 heteroatoms. The van der Waals surface area contributed by atoms with Gasteiger partial charge >= 0.3 is 0 Å².